The van der Waals surface area contributed by atoms with Crippen LogP contribution in [0, 0.1) is 5.92 Å². The van der Waals surface area contributed by atoms with E-state index in [9.17, 15) is 13.6 Å². The number of benzene rings is 1. The van der Waals surface area contributed by atoms with Crippen molar-refractivity contribution in [1.29, 1.82) is 0 Å². The summed E-state index contributed by atoms with van der Waals surface area (Å²) >= 11 is 0. The minimum absolute atomic E-state index is 0.0665. The fourth-order valence-corrected chi connectivity index (χ4v) is 2.77. The van der Waals surface area contributed by atoms with Crippen molar-refractivity contribution in [2.24, 2.45) is 5.92 Å². The van der Waals surface area contributed by atoms with Crippen LogP contribution in [0.3, 0.4) is 0 Å². The van der Waals surface area contributed by atoms with Gasteiger partial charge >= 0.3 is 6.61 Å². The number of halogens is 2. The molecule has 0 bridgehead atoms. The lowest BCUT2D eigenvalue weighted by molar-refractivity contribution is -0.129. The molecule has 0 radical (unpaired) electrons. The molecule has 0 atom stereocenters. The van der Waals surface area contributed by atoms with Gasteiger partial charge in [-0.05, 0) is 30.9 Å². The number of ether oxygens (including phenoxy) is 2. The Hall–Kier alpha value is -2.05. The molecule has 132 valence electrons. The molecule has 1 saturated heterocycles. The summed E-state index contributed by atoms with van der Waals surface area (Å²) in [7, 11) is 0. The molecule has 7 heteroatoms. The Labute approximate surface area is 140 Å². The molecule has 0 N–H and O–H groups in total. The molecule has 1 aromatic rings. The van der Waals surface area contributed by atoms with Crippen LogP contribution in [0.2, 0.25) is 0 Å². The molecular formula is C17H22F2N2O3. The van der Waals surface area contributed by atoms with Crippen LogP contribution in [0.25, 0.3) is 0 Å². The molecule has 5 nitrogen and oxygen atoms in total. The summed E-state index contributed by atoms with van der Waals surface area (Å²) < 4.78 is 35.4. The van der Waals surface area contributed by atoms with Gasteiger partial charge in [0.05, 0.1) is 6.61 Å². The number of rotatable bonds is 6. The first-order valence-corrected chi connectivity index (χ1v) is 8.25. The van der Waals surface area contributed by atoms with Crippen molar-refractivity contribution in [1.82, 2.24) is 4.90 Å². The summed E-state index contributed by atoms with van der Waals surface area (Å²) in [6.45, 7) is 1.94. The first kappa shape index (κ1) is 16.8. The van der Waals surface area contributed by atoms with E-state index in [-0.39, 0.29) is 11.7 Å². The van der Waals surface area contributed by atoms with Gasteiger partial charge in [-0.25, -0.2) is 0 Å². The molecule has 2 fully saturated rings. The molecule has 1 amide bonds. The predicted octanol–water partition coefficient (Wildman–Crippen LogP) is 2.75. The van der Waals surface area contributed by atoms with E-state index >= 15 is 0 Å². The number of hydrogen-bond acceptors (Lipinski definition) is 4. The Morgan fingerprint density at radius 2 is 1.92 bits per heavy atom. The van der Waals surface area contributed by atoms with Crippen LogP contribution in [-0.4, -0.2) is 50.2 Å². The Balaban J connectivity index is 1.70. The van der Waals surface area contributed by atoms with Gasteiger partial charge in [0.1, 0.15) is 0 Å². The average molecular weight is 340 g/mol. The zero-order chi connectivity index (χ0) is 17.1. The minimum Gasteiger partial charge on any atom is -0.489 e. The minimum atomic E-state index is -2.88. The zero-order valence-electron chi connectivity index (χ0n) is 13.7. The van der Waals surface area contributed by atoms with Gasteiger partial charge < -0.3 is 19.3 Å². The van der Waals surface area contributed by atoms with Crippen LogP contribution in [0.5, 0.6) is 11.5 Å². The van der Waals surface area contributed by atoms with E-state index in [4.69, 9.17) is 4.74 Å². The number of anilines is 1. The van der Waals surface area contributed by atoms with Gasteiger partial charge in [0.25, 0.3) is 0 Å². The lowest BCUT2D eigenvalue weighted by Crippen LogP contribution is -2.48. The molecule has 3 rings (SSSR count). The number of alkyl halides is 2. The smallest absolute Gasteiger partial charge is 0.387 e. The SMILES string of the molecule is CC(=O)N1CCN(c2ccc(OC(F)F)c(OCC3CC3)c2)CC1. The lowest BCUT2D eigenvalue weighted by Gasteiger charge is -2.35. The van der Waals surface area contributed by atoms with E-state index in [0.717, 1.165) is 18.5 Å². The van der Waals surface area contributed by atoms with Crippen LogP contribution in [-0.2, 0) is 4.79 Å². The molecule has 1 aliphatic carbocycles. The zero-order valence-corrected chi connectivity index (χ0v) is 13.7. The van der Waals surface area contributed by atoms with Crippen molar-refractivity contribution in [3.8, 4) is 11.5 Å². The van der Waals surface area contributed by atoms with Crippen molar-refractivity contribution >= 4 is 11.6 Å². The maximum atomic E-state index is 12.6. The maximum absolute atomic E-state index is 12.6. The van der Waals surface area contributed by atoms with Crippen molar-refractivity contribution in [2.45, 2.75) is 26.4 Å². The van der Waals surface area contributed by atoms with E-state index in [1.54, 1.807) is 24.0 Å². The van der Waals surface area contributed by atoms with Crippen LogP contribution in [0.1, 0.15) is 19.8 Å². The third-order valence-corrected chi connectivity index (χ3v) is 4.40. The van der Waals surface area contributed by atoms with E-state index < -0.39 is 6.61 Å². The topological polar surface area (TPSA) is 42.0 Å². The molecule has 2 aliphatic rings. The highest BCUT2D eigenvalue weighted by molar-refractivity contribution is 5.73. The van der Waals surface area contributed by atoms with Gasteiger partial charge in [-0.2, -0.15) is 8.78 Å². The van der Waals surface area contributed by atoms with Crippen molar-refractivity contribution in [3.63, 3.8) is 0 Å². The van der Waals surface area contributed by atoms with Crippen molar-refractivity contribution in [3.05, 3.63) is 18.2 Å². The molecular weight excluding hydrogens is 318 g/mol. The van der Waals surface area contributed by atoms with Gasteiger partial charge in [0.15, 0.2) is 11.5 Å². The van der Waals surface area contributed by atoms with Gasteiger partial charge in [-0.3, -0.25) is 4.79 Å². The number of carbonyl (C=O) groups excluding carboxylic acids is 1. The Morgan fingerprint density at radius 3 is 2.50 bits per heavy atom. The molecule has 0 aromatic heterocycles. The highest BCUT2D eigenvalue weighted by atomic mass is 19.3. The fraction of sp³-hybridized carbons (Fsp3) is 0.588. The van der Waals surface area contributed by atoms with E-state index in [1.807, 2.05) is 0 Å². The van der Waals surface area contributed by atoms with Crippen LogP contribution in [0.15, 0.2) is 18.2 Å². The van der Waals surface area contributed by atoms with Gasteiger partial charge in [0, 0.05) is 44.9 Å². The summed E-state index contributed by atoms with van der Waals surface area (Å²) in [5.41, 5.74) is 0.894. The number of piperazine rings is 1. The van der Waals surface area contributed by atoms with Crippen LogP contribution in [0.4, 0.5) is 14.5 Å². The van der Waals surface area contributed by atoms with Crippen LogP contribution < -0.4 is 14.4 Å². The quantitative estimate of drug-likeness (QED) is 0.799. The molecule has 0 unspecified atom stereocenters. The summed E-state index contributed by atoms with van der Waals surface area (Å²) in [5.74, 6) is 1.02. The second-order valence-corrected chi connectivity index (χ2v) is 6.26. The monoisotopic (exact) mass is 340 g/mol. The Bertz CT molecular complexity index is 585. The molecule has 1 aromatic carbocycles. The third kappa shape index (κ3) is 4.27. The number of amides is 1. The van der Waals surface area contributed by atoms with E-state index in [1.165, 1.54) is 6.07 Å². The van der Waals surface area contributed by atoms with Gasteiger partial charge in [-0.1, -0.05) is 0 Å². The highest BCUT2D eigenvalue weighted by Crippen LogP contribution is 2.36. The Morgan fingerprint density at radius 1 is 1.21 bits per heavy atom. The maximum Gasteiger partial charge on any atom is 0.387 e. The van der Waals surface area contributed by atoms with E-state index in [0.29, 0.717) is 44.5 Å². The second-order valence-electron chi connectivity index (χ2n) is 6.26. The normalized spacial score (nSPS) is 18.0. The molecule has 1 heterocycles. The number of nitrogens with zero attached hydrogens (tertiary/aromatic N) is 2. The first-order valence-electron chi connectivity index (χ1n) is 8.25. The first-order chi connectivity index (χ1) is 11.5. The summed E-state index contributed by atoms with van der Waals surface area (Å²) in [5, 5.41) is 0. The molecule has 1 saturated carbocycles. The molecule has 0 spiro atoms. The predicted molar refractivity (Wildman–Crippen MR) is 85.8 cm³/mol. The van der Waals surface area contributed by atoms with Crippen molar-refractivity contribution < 1.29 is 23.0 Å². The summed E-state index contributed by atoms with van der Waals surface area (Å²) in [4.78, 5) is 15.3. The largest absolute Gasteiger partial charge is 0.489 e. The van der Waals surface area contributed by atoms with E-state index in [2.05, 4.69) is 9.64 Å². The number of hydrogen-bond donors (Lipinski definition) is 0. The van der Waals surface area contributed by atoms with Gasteiger partial charge in [0.2, 0.25) is 5.91 Å². The van der Waals surface area contributed by atoms with Gasteiger partial charge in [-0.15, -0.1) is 0 Å². The second kappa shape index (κ2) is 7.23. The average Bonchev–Trinajstić information content (AvgIpc) is 3.38. The Kier molecular flexibility index (Phi) is 5.06. The molecule has 1 aliphatic heterocycles. The lowest BCUT2D eigenvalue weighted by atomic mass is 10.2. The van der Waals surface area contributed by atoms with Crippen molar-refractivity contribution in [2.75, 3.05) is 37.7 Å². The molecule has 24 heavy (non-hydrogen) atoms. The summed E-state index contributed by atoms with van der Waals surface area (Å²) in [6, 6.07) is 5.04. The summed E-state index contributed by atoms with van der Waals surface area (Å²) in [6.07, 6.45) is 2.25. The standard InChI is InChI=1S/C17H22F2N2O3/c1-12(22)20-6-8-21(9-7-20)14-4-5-15(24-17(18)19)16(10-14)23-11-13-2-3-13/h4-5,10,13,17H,2-3,6-9,11H2,1H3. The fourth-order valence-electron chi connectivity index (χ4n) is 2.77. The number of carbonyl (C=O) groups is 1. The highest BCUT2D eigenvalue weighted by Gasteiger charge is 2.24. The third-order valence-electron chi connectivity index (χ3n) is 4.40. The van der Waals surface area contributed by atoms with Crippen LogP contribution >= 0.6 is 0 Å².